The van der Waals surface area contributed by atoms with E-state index in [9.17, 15) is 9.59 Å². The molecule has 0 aliphatic heterocycles. The molecule has 0 fully saturated rings. The van der Waals surface area contributed by atoms with Crippen LogP contribution < -0.4 is 14.8 Å². The highest BCUT2D eigenvalue weighted by Gasteiger charge is 2.22. The molecular weight excluding hydrogens is 238 g/mol. The van der Waals surface area contributed by atoms with Gasteiger partial charge in [-0.25, -0.2) is 4.79 Å². The minimum atomic E-state index is -1.15. The van der Waals surface area contributed by atoms with E-state index >= 15 is 0 Å². The van der Waals surface area contributed by atoms with Crippen molar-refractivity contribution in [3.05, 3.63) is 23.8 Å². The van der Waals surface area contributed by atoms with Gasteiger partial charge in [-0.2, -0.15) is 0 Å². The molecule has 1 amide bonds. The van der Waals surface area contributed by atoms with Crippen molar-refractivity contribution in [2.75, 3.05) is 14.2 Å². The number of carbonyl (C=O) groups excluding carboxylic acids is 1. The number of amides is 1. The van der Waals surface area contributed by atoms with Gasteiger partial charge in [0.25, 0.3) is 0 Å². The molecule has 0 spiro atoms. The summed E-state index contributed by atoms with van der Waals surface area (Å²) in [6.45, 7) is 1.26. The molecule has 0 saturated carbocycles. The lowest BCUT2D eigenvalue weighted by Crippen LogP contribution is -2.32. The van der Waals surface area contributed by atoms with E-state index in [-0.39, 0.29) is 0 Å². The molecule has 0 bridgehead atoms. The standard InChI is InChI=1S/C12H15NO5/c1-7(14)13-11(12(15)16)8-4-9(17-2)6-10(5-8)18-3/h4-6,11H,1-3H3,(H,13,14)(H,15,16). The van der Waals surface area contributed by atoms with Crippen molar-refractivity contribution < 1.29 is 24.2 Å². The molecule has 1 atom stereocenters. The predicted octanol–water partition coefficient (Wildman–Crippen LogP) is 0.966. The first kappa shape index (κ1) is 13.8. The van der Waals surface area contributed by atoms with Gasteiger partial charge in [0.15, 0.2) is 6.04 Å². The Hall–Kier alpha value is -2.24. The average Bonchev–Trinajstić information content (AvgIpc) is 2.34. The van der Waals surface area contributed by atoms with Gasteiger partial charge in [0.1, 0.15) is 11.5 Å². The number of ether oxygens (including phenoxy) is 2. The van der Waals surface area contributed by atoms with Crippen LogP contribution in [0.25, 0.3) is 0 Å². The van der Waals surface area contributed by atoms with Gasteiger partial charge >= 0.3 is 5.97 Å². The van der Waals surface area contributed by atoms with Crippen LogP contribution in [0.1, 0.15) is 18.5 Å². The Kier molecular flexibility index (Phi) is 4.53. The summed E-state index contributed by atoms with van der Waals surface area (Å²) >= 11 is 0. The zero-order valence-electron chi connectivity index (χ0n) is 10.4. The Labute approximate surface area is 105 Å². The van der Waals surface area contributed by atoms with Crippen molar-refractivity contribution in [2.45, 2.75) is 13.0 Å². The van der Waals surface area contributed by atoms with Crippen molar-refractivity contribution >= 4 is 11.9 Å². The first-order chi connectivity index (χ1) is 8.47. The minimum absolute atomic E-state index is 0.383. The smallest absolute Gasteiger partial charge is 0.330 e. The zero-order valence-corrected chi connectivity index (χ0v) is 10.4. The molecule has 6 nitrogen and oxygen atoms in total. The number of nitrogens with one attached hydrogen (secondary N) is 1. The van der Waals surface area contributed by atoms with Crippen LogP contribution in [-0.2, 0) is 9.59 Å². The van der Waals surface area contributed by atoms with E-state index in [2.05, 4.69) is 5.32 Å². The highest BCUT2D eigenvalue weighted by molar-refractivity contribution is 5.83. The van der Waals surface area contributed by atoms with E-state index in [1.165, 1.54) is 33.3 Å². The van der Waals surface area contributed by atoms with E-state index < -0.39 is 17.9 Å². The lowest BCUT2D eigenvalue weighted by Gasteiger charge is -2.15. The zero-order chi connectivity index (χ0) is 13.7. The fourth-order valence-electron chi connectivity index (χ4n) is 1.49. The largest absolute Gasteiger partial charge is 0.497 e. The Balaban J connectivity index is 3.17. The highest BCUT2D eigenvalue weighted by atomic mass is 16.5. The highest BCUT2D eigenvalue weighted by Crippen LogP contribution is 2.26. The average molecular weight is 253 g/mol. The maximum Gasteiger partial charge on any atom is 0.330 e. The lowest BCUT2D eigenvalue weighted by molar-refractivity contribution is -0.141. The van der Waals surface area contributed by atoms with E-state index in [0.717, 1.165) is 0 Å². The molecule has 6 heteroatoms. The third kappa shape index (κ3) is 3.38. The number of aliphatic carboxylic acids is 1. The van der Waals surface area contributed by atoms with Crippen molar-refractivity contribution in [2.24, 2.45) is 0 Å². The SMILES string of the molecule is COc1cc(OC)cc(C(NC(C)=O)C(=O)O)c1. The predicted molar refractivity (Wildman–Crippen MR) is 63.7 cm³/mol. The number of methoxy groups -OCH3 is 2. The summed E-state index contributed by atoms with van der Waals surface area (Å²) in [5.74, 6) is -0.661. The third-order valence-corrected chi connectivity index (χ3v) is 2.30. The monoisotopic (exact) mass is 253 g/mol. The van der Waals surface area contributed by atoms with E-state index in [4.69, 9.17) is 14.6 Å². The number of hydrogen-bond donors (Lipinski definition) is 2. The van der Waals surface area contributed by atoms with Gasteiger partial charge in [-0.1, -0.05) is 0 Å². The van der Waals surface area contributed by atoms with E-state index in [0.29, 0.717) is 17.1 Å². The number of hydrogen-bond acceptors (Lipinski definition) is 4. The Morgan fingerprint density at radius 1 is 1.17 bits per heavy atom. The van der Waals surface area contributed by atoms with E-state index in [1.807, 2.05) is 0 Å². The molecule has 1 aromatic carbocycles. The van der Waals surface area contributed by atoms with Crippen LogP contribution in [0.3, 0.4) is 0 Å². The Bertz CT molecular complexity index is 436. The number of rotatable bonds is 5. The van der Waals surface area contributed by atoms with Gasteiger partial charge in [0.05, 0.1) is 14.2 Å². The van der Waals surface area contributed by atoms with Gasteiger partial charge in [-0.05, 0) is 17.7 Å². The van der Waals surface area contributed by atoms with Crippen LogP contribution in [0, 0.1) is 0 Å². The van der Waals surface area contributed by atoms with Crippen LogP contribution in [-0.4, -0.2) is 31.2 Å². The molecular formula is C12H15NO5. The van der Waals surface area contributed by atoms with Crippen LogP contribution in [0.5, 0.6) is 11.5 Å². The molecule has 0 aliphatic rings. The minimum Gasteiger partial charge on any atom is -0.497 e. The van der Waals surface area contributed by atoms with Crippen molar-refractivity contribution in [1.29, 1.82) is 0 Å². The number of carboxylic acids is 1. The quantitative estimate of drug-likeness (QED) is 0.816. The second-order valence-corrected chi connectivity index (χ2v) is 3.62. The second-order valence-electron chi connectivity index (χ2n) is 3.62. The maximum atomic E-state index is 11.1. The van der Waals surface area contributed by atoms with Gasteiger partial charge < -0.3 is 19.9 Å². The molecule has 0 heterocycles. The van der Waals surface area contributed by atoms with Gasteiger partial charge in [0.2, 0.25) is 5.91 Å². The summed E-state index contributed by atoms with van der Waals surface area (Å²) in [5.41, 5.74) is 0.383. The number of carbonyl (C=O) groups is 2. The van der Waals surface area contributed by atoms with Crippen molar-refractivity contribution in [3.8, 4) is 11.5 Å². The summed E-state index contributed by atoms with van der Waals surface area (Å²) in [7, 11) is 2.93. The van der Waals surface area contributed by atoms with E-state index in [1.54, 1.807) is 6.07 Å². The van der Waals surface area contributed by atoms with Crippen LogP contribution in [0.15, 0.2) is 18.2 Å². The lowest BCUT2D eigenvalue weighted by atomic mass is 10.1. The van der Waals surface area contributed by atoms with Crippen molar-refractivity contribution in [1.82, 2.24) is 5.32 Å². The van der Waals surface area contributed by atoms with Crippen molar-refractivity contribution in [3.63, 3.8) is 0 Å². The molecule has 18 heavy (non-hydrogen) atoms. The first-order valence-corrected chi connectivity index (χ1v) is 5.20. The molecule has 0 aliphatic carbocycles. The summed E-state index contributed by atoms with van der Waals surface area (Å²) in [4.78, 5) is 22.1. The Morgan fingerprint density at radius 2 is 1.67 bits per heavy atom. The fourth-order valence-corrected chi connectivity index (χ4v) is 1.49. The fraction of sp³-hybridized carbons (Fsp3) is 0.333. The molecule has 1 rings (SSSR count). The summed E-state index contributed by atoms with van der Waals surface area (Å²) in [6.07, 6.45) is 0. The third-order valence-electron chi connectivity index (χ3n) is 2.30. The molecule has 98 valence electrons. The number of carboxylic acid groups (broad SMARTS) is 1. The van der Waals surface area contributed by atoms with Gasteiger partial charge in [0, 0.05) is 13.0 Å². The summed E-state index contributed by atoms with van der Waals surface area (Å²) < 4.78 is 10.1. The van der Waals surface area contributed by atoms with Crippen LogP contribution >= 0.6 is 0 Å². The first-order valence-electron chi connectivity index (χ1n) is 5.20. The summed E-state index contributed by atoms with van der Waals surface area (Å²) in [6, 6.07) is 3.57. The van der Waals surface area contributed by atoms with Gasteiger partial charge in [-0.15, -0.1) is 0 Å². The second kappa shape index (κ2) is 5.90. The van der Waals surface area contributed by atoms with Crippen LogP contribution in [0.4, 0.5) is 0 Å². The molecule has 0 radical (unpaired) electrons. The molecule has 1 aromatic rings. The van der Waals surface area contributed by atoms with Gasteiger partial charge in [-0.3, -0.25) is 4.79 Å². The Morgan fingerprint density at radius 3 is 2.00 bits per heavy atom. The molecule has 2 N–H and O–H groups in total. The molecule has 1 unspecified atom stereocenters. The molecule has 0 saturated heterocycles. The number of benzene rings is 1. The maximum absolute atomic E-state index is 11.1. The summed E-state index contributed by atoms with van der Waals surface area (Å²) in [5, 5.41) is 11.5. The topological polar surface area (TPSA) is 84.9 Å². The van der Waals surface area contributed by atoms with Crippen LogP contribution in [0.2, 0.25) is 0 Å². The normalized spacial score (nSPS) is 11.5. The molecule has 0 aromatic heterocycles.